The van der Waals surface area contributed by atoms with Crippen LogP contribution in [0, 0.1) is 0 Å². The predicted octanol–water partition coefficient (Wildman–Crippen LogP) is 1.01. The number of nitrogens with two attached hydrogens (primary N) is 1. The molecule has 0 aromatic carbocycles. The van der Waals surface area contributed by atoms with Crippen LogP contribution in [0.2, 0.25) is 0 Å². The fourth-order valence-electron chi connectivity index (χ4n) is 3.33. The van der Waals surface area contributed by atoms with Gasteiger partial charge >= 0.3 is 0 Å². The van der Waals surface area contributed by atoms with Gasteiger partial charge in [-0.15, -0.1) is 0 Å². The number of nitrogens with zero attached hydrogens (tertiary/aromatic N) is 2. The van der Waals surface area contributed by atoms with Crippen LogP contribution in [0.1, 0.15) is 44.9 Å². The molecule has 2 saturated heterocycles. The standard InChI is InChI=1S/C14H29N3O2S/c15-8-2-5-13-20(18,19)17-11-6-14(7-12-17)16-9-3-1-4-10-16/h14H,1-13,15H2. The molecular formula is C14H29N3O2S. The molecule has 20 heavy (non-hydrogen) atoms. The highest BCUT2D eigenvalue weighted by Gasteiger charge is 2.30. The van der Waals surface area contributed by atoms with Gasteiger partial charge in [0.25, 0.3) is 0 Å². The molecule has 118 valence electrons. The predicted molar refractivity (Wildman–Crippen MR) is 82.1 cm³/mol. The minimum atomic E-state index is -3.05. The summed E-state index contributed by atoms with van der Waals surface area (Å²) < 4.78 is 26.1. The molecule has 2 heterocycles. The van der Waals surface area contributed by atoms with Crippen molar-refractivity contribution < 1.29 is 8.42 Å². The van der Waals surface area contributed by atoms with Crippen LogP contribution in [0.25, 0.3) is 0 Å². The summed E-state index contributed by atoms with van der Waals surface area (Å²) >= 11 is 0. The van der Waals surface area contributed by atoms with Crippen molar-refractivity contribution in [3.63, 3.8) is 0 Å². The Kier molecular flexibility index (Phi) is 6.26. The van der Waals surface area contributed by atoms with E-state index in [4.69, 9.17) is 5.73 Å². The van der Waals surface area contributed by atoms with Gasteiger partial charge in [0, 0.05) is 19.1 Å². The molecule has 0 aliphatic carbocycles. The molecule has 0 atom stereocenters. The molecule has 2 aliphatic rings. The molecule has 2 aliphatic heterocycles. The normalized spacial score (nSPS) is 24.1. The zero-order valence-electron chi connectivity index (χ0n) is 12.5. The Bertz CT molecular complexity index is 372. The minimum Gasteiger partial charge on any atom is -0.330 e. The lowest BCUT2D eigenvalue weighted by atomic mass is 10.0. The minimum absolute atomic E-state index is 0.262. The summed E-state index contributed by atoms with van der Waals surface area (Å²) in [6.45, 7) is 4.38. The molecular weight excluding hydrogens is 274 g/mol. The number of hydrogen-bond donors (Lipinski definition) is 1. The Balaban J connectivity index is 1.78. The summed E-state index contributed by atoms with van der Waals surface area (Å²) in [4.78, 5) is 2.57. The van der Waals surface area contributed by atoms with Crippen molar-refractivity contribution in [1.82, 2.24) is 9.21 Å². The molecule has 2 rings (SSSR count). The second-order valence-corrected chi connectivity index (χ2v) is 8.13. The third-order valence-electron chi connectivity index (χ3n) is 4.58. The van der Waals surface area contributed by atoms with Gasteiger partial charge < -0.3 is 10.6 Å². The van der Waals surface area contributed by atoms with Gasteiger partial charge in [-0.05, 0) is 58.2 Å². The van der Waals surface area contributed by atoms with Crippen molar-refractivity contribution in [3.8, 4) is 0 Å². The molecule has 0 aromatic rings. The summed E-state index contributed by atoms with van der Waals surface area (Å²) in [5, 5.41) is 0. The third kappa shape index (κ3) is 4.41. The second-order valence-electron chi connectivity index (χ2n) is 6.04. The average Bonchev–Trinajstić information content (AvgIpc) is 2.48. The number of unbranched alkanes of at least 4 members (excludes halogenated alkanes) is 1. The lowest BCUT2D eigenvalue weighted by Gasteiger charge is -2.39. The zero-order valence-corrected chi connectivity index (χ0v) is 13.3. The summed E-state index contributed by atoms with van der Waals surface area (Å²) in [5.74, 6) is 0.262. The van der Waals surface area contributed by atoms with E-state index in [9.17, 15) is 8.42 Å². The van der Waals surface area contributed by atoms with Gasteiger partial charge in [0.2, 0.25) is 10.0 Å². The van der Waals surface area contributed by atoms with E-state index in [1.807, 2.05) is 0 Å². The van der Waals surface area contributed by atoms with Gasteiger partial charge in [-0.2, -0.15) is 0 Å². The zero-order chi connectivity index (χ0) is 14.4. The van der Waals surface area contributed by atoms with Crippen molar-refractivity contribution >= 4 is 10.0 Å². The van der Waals surface area contributed by atoms with E-state index < -0.39 is 10.0 Å². The molecule has 2 N–H and O–H groups in total. The van der Waals surface area contributed by atoms with Crippen molar-refractivity contribution in [1.29, 1.82) is 0 Å². The highest BCUT2D eigenvalue weighted by molar-refractivity contribution is 7.89. The van der Waals surface area contributed by atoms with Crippen LogP contribution in [-0.4, -0.2) is 62.1 Å². The molecule has 0 bridgehead atoms. The van der Waals surface area contributed by atoms with Crippen molar-refractivity contribution in [2.45, 2.75) is 51.0 Å². The van der Waals surface area contributed by atoms with Gasteiger partial charge in [-0.1, -0.05) is 6.42 Å². The molecule has 0 aromatic heterocycles. The Morgan fingerprint density at radius 3 is 2.20 bits per heavy atom. The first kappa shape index (κ1) is 16.2. The van der Waals surface area contributed by atoms with Gasteiger partial charge in [-0.25, -0.2) is 12.7 Å². The molecule has 5 nitrogen and oxygen atoms in total. The van der Waals surface area contributed by atoms with E-state index in [1.54, 1.807) is 4.31 Å². The van der Waals surface area contributed by atoms with Crippen LogP contribution in [0.4, 0.5) is 0 Å². The van der Waals surface area contributed by atoms with Crippen LogP contribution < -0.4 is 5.73 Å². The topological polar surface area (TPSA) is 66.6 Å². The van der Waals surface area contributed by atoms with E-state index in [1.165, 1.54) is 32.4 Å². The first-order valence-corrected chi connectivity index (χ1v) is 9.66. The fraction of sp³-hybridized carbons (Fsp3) is 1.00. The SMILES string of the molecule is NCCCCS(=O)(=O)N1CCC(N2CCCCC2)CC1. The van der Waals surface area contributed by atoms with Gasteiger partial charge in [0.05, 0.1) is 5.75 Å². The number of rotatable bonds is 6. The number of likely N-dealkylation sites (tertiary alicyclic amines) is 1. The molecule has 2 fully saturated rings. The van der Waals surface area contributed by atoms with Gasteiger partial charge in [0.1, 0.15) is 0 Å². The second kappa shape index (κ2) is 7.73. The number of sulfonamides is 1. The van der Waals surface area contributed by atoms with E-state index in [-0.39, 0.29) is 5.75 Å². The van der Waals surface area contributed by atoms with Gasteiger partial charge in [0.15, 0.2) is 0 Å². The Hall–Kier alpha value is -0.170. The molecule has 0 amide bonds. The molecule has 0 spiro atoms. The van der Waals surface area contributed by atoms with Crippen molar-refractivity contribution in [2.24, 2.45) is 5.73 Å². The van der Waals surface area contributed by atoms with E-state index in [0.717, 1.165) is 19.3 Å². The molecule has 0 radical (unpaired) electrons. The third-order valence-corrected chi connectivity index (χ3v) is 6.54. The Morgan fingerprint density at radius 2 is 1.60 bits per heavy atom. The smallest absolute Gasteiger partial charge is 0.214 e. The van der Waals surface area contributed by atoms with Crippen LogP contribution in [0.5, 0.6) is 0 Å². The summed E-state index contributed by atoms with van der Waals surface area (Å²) in [6.07, 6.45) is 7.43. The number of hydrogen-bond acceptors (Lipinski definition) is 4. The summed E-state index contributed by atoms with van der Waals surface area (Å²) in [6, 6.07) is 0.603. The maximum absolute atomic E-state index is 12.2. The quantitative estimate of drug-likeness (QED) is 0.744. The Morgan fingerprint density at radius 1 is 0.950 bits per heavy atom. The van der Waals surface area contributed by atoms with Crippen LogP contribution >= 0.6 is 0 Å². The number of piperidine rings is 2. The monoisotopic (exact) mass is 303 g/mol. The lowest BCUT2D eigenvalue weighted by Crippen LogP contribution is -2.48. The van der Waals surface area contributed by atoms with Gasteiger partial charge in [-0.3, -0.25) is 0 Å². The van der Waals surface area contributed by atoms with E-state index in [0.29, 0.717) is 32.1 Å². The van der Waals surface area contributed by atoms with E-state index in [2.05, 4.69) is 4.90 Å². The largest absolute Gasteiger partial charge is 0.330 e. The lowest BCUT2D eigenvalue weighted by molar-refractivity contribution is 0.118. The van der Waals surface area contributed by atoms with Crippen LogP contribution in [0.15, 0.2) is 0 Å². The van der Waals surface area contributed by atoms with E-state index >= 15 is 0 Å². The molecule has 0 unspecified atom stereocenters. The maximum Gasteiger partial charge on any atom is 0.214 e. The highest BCUT2D eigenvalue weighted by Crippen LogP contribution is 2.22. The highest BCUT2D eigenvalue weighted by atomic mass is 32.2. The van der Waals surface area contributed by atoms with Crippen molar-refractivity contribution in [2.75, 3.05) is 38.5 Å². The van der Waals surface area contributed by atoms with Crippen LogP contribution in [-0.2, 0) is 10.0 Å². The Labute approximate surface area is 123 Å². The van der Waals surface area contributed by atoms with Crippen LogP contribution in [0.3, 0.4) is 0 Å². The maximum atomic E-state index is 12.2. The molecule has 0 saturated carbocycles. The fourth-order valence-corrected chi connectivity index (χ4v) is 4.92. The van der Waals surface area contributed by atoms with Crippen molar-refractivity contribution in [3.05, 3.63) is 0 Å². The summed E-state index contributed by atoms with van der Waals surface area (Å²) in [5.41, 5.74) is 5.42. The molecule has 6 heteroatoms. The first-order valence-electron chi connectivity index (χ1n) is 8.05. The first-order chi connectivity index (χ1) is 9.63. The summed E-state index contributed by atoms with van der Waals surface area (Å²) in [7, 11) is -3.05. The average molecular weight is 303 g/mol.